The summed E-state index contributed by atoms with van der Waals surface area (Å²) in [6.07, 6.45) is 0. The maximum Gasteiger partial charge on any atom is 0.316 e. The van der Waals surface area contributed by atoms with Gasteiger partial charge < -0.3 is 15.5 Å². The zero-order chi connectivity index (χ0) is 15.3. The lowest BCUT2D eigenvalue weighted by Gasteiger charge is -2.13. The van der Waals surface area contributed by atoms with Crippen molar-refractivity contribution in [2.45, 2.75) is 4.90 Å². The second kappa shape index (κ2) is 6.53. The first kappa shape index (κ1) is 16.2. The average Bonchev–Trinajstić information content (AvgIpc) is 2.34. The highest BCUT2D eigenvalue weighted by Gasteiger charge is 2.11. The summed E-state index contributed by atoms with van der Waals surface area (Å²) in [4.78, 5) is 12.3. The zero-order valence-electron chi connectivity index (χ0n) is 11.2. The maximum atomic E-state index is 13.6. The summed E-state index contributed by atoms with van der Waals surface area (Å²) in [7, 11) is -0.707. The molecule has 0 aliphatic heterocycles. The number of benzene rings is 1. The van der Waals surface area contributed by atoms with Gasteiger partial charge in [0, 0.05) is 27.2 Å². The molecule has 1 rings (SSSR count). The third kappa shape index (κ3) is 4.67. The number of anilines is 1. The first-order valence-corrected chi connectivity index (χ1v) is 7.28. The fourth-order valence-electron chi connectivity index (χ4n) is 1.34. The lowest BCUT2D eigenvalue weighted by molar-refractivity contribution is 0.218. The normalized spacial score (nSPS) is 11.0. The molecule has 9 heteroatoms. The molecule has 1 aromatic rings. The number of hydrogen-bond donors (Lipinski definition) is 3. The number of primary sulfonamides is 1. The van der Waals surface area contributed by atoms with E-state index < -0.39 is 15.8 Å². The summed E-state index contributed by atoms with van der Waals surface area (Å²) in [5.74, 6) is -0.726. The smallest absolute Gasteiger partial charge is 0.316 e. The minimum atomic E-state index is -3.92. The summed E-state index contributed by atoms with van der Waals surface area (Å²) in [6, 6.07) is 3.08. The molecule has 0 aromatic heterocycles. The van der Waals surface area contributed by atoms with E-state index in [9.17, 15) is 17.6 Å². The third-order valence-electron chi connectivity index (χ3n) is 2.39. The van der Waals surface area contributed by atoms with E-state index in [0.717, 1.165) is 6.07 Å². The molecule has 112 valence electrons. The highest BCUT2D eigenvalue weighted by molar-refractivity contribution is 7.89. The minimum absolute atomic E-state index is 0.136. The number of carbonyl (C=O) groups excluding carboxylic acids is 1. The van der Waals surface area contributed by atoms with Gasteiger partial charge in [-0.1, -0.05) is 0 Å². The molecule has 0 heterocycles. The standard InChI is InChI=1S/C11H17FN4O3S/c1-16(2)11(17)15-6-5-14-10-4-3-8(7-9(10)12)20(13,18)19/h3-4,7,14H,5-6H2,1-2H3,(H,15,17)(H2,13,18,19). The Labute approximate surface area is 117 Å². The Bertz CT molecular complexity index is 589. The predicted octanol–water partition coefficient (Wildman–Crippen LogP) is 0.156. The Morgan fingerprint density at radius 1 is 1.35 bits per heavy atom. The predicted molar refractivity (Wildman–Crippen MR) is 73.3 cm³/mol. The molecule has 0 aliphatic rings. The topological polar surface area (TPSA) is 105 Å². The van der Waals surface area contributed by atoms with E-state index in [1.807, 2.05) is 0 Å². The molecule has 0 bridgehead atoms. The number of urea groups is 1. The van der Waals surface area contributed by atoms with Gasteiger partial charge in [0.2, 0.25) is 10.0 Å². The van der Waals surface area contributed by atoms with E-state index in [2.05, 4.69) is 10.6 Å². The van der Waals surface area contributed by atoms with Crippen LogP contribution in [0.4, 0.5) is 14.9 Å². The van der Waals surface area contributed by atoms with Gasteiger partial charge in [0.05, 0.1) is 10.6 Å². The van der Waals surface area contributed by atoms with E-state index in [4.69, 9.17) is 5.14 Å². The summed E-state index contributed by atoms with van der Waals surface area (Å²) < 4.78 is 35.7. The lowest BCUT2D eigenvalue weighted by Crippen LogP contribution is -2.37. The average molecular weight is 304 g/mol. The molecule has 0 fully saturated rings. The van der Waals surface area contributed by atoms with Crippen molar-refractivity contribution in [2.75, 3.05) is 32.5 Å². The zero-order valence-corrected chi connectivity index (χ0v) is 12.0. The Balaban J connectivity index is 2.56. The number of nitrogens with two attached hydrogens (primary N) is 1. The van der Waals surface area contributed by atoms with Gasteiger partial charge in [-0.15, -0.1) is 0 Å². The van der Waals surface area contributed by atoms with Crippen LogP contribution < -0.4 is 15.8 Å². The van der Waals surface area contributed by atoms with Gasteiger partial charge in [-0.25, -0.2) is 22.7 Å². The van der Waals surface area contributed by atoms with Crippen LogP contribution >= 0.6 is 0 Å². The summed E-state index contributed by atoms with van der Waals surface area (Å²) in [6.45, 7) is 0.596. The van der Waals surface area contributed by atoms with Crippen LogP contribution in [-0.4, -0.2) is 46.5 Å². The number of rotatable bonds is 5. The fourth-order valence-corrected chi connectivity index (χ4v) is 1.87. The second-order valence-corrected chi connectivity index (χ2v) is 5.80. The fraction of sp³-hybridized carbons (Fsp3) is 0.364. The van der Waals surface area contributed by atoms with Crippen LogP contribution in [0.5, 0.6) is 0 Å². The summed E-state index contributed by atoms with van der Waals surface area (Å²) in [5, 5.41) is 10.2. The van der Waals surface area contributed by atoms with Crippen molar-refractivity contribution in [3.05, 3.63) is 24.0 Å². The van der Waals surface area contributed by atoms with Crippen LogP contribution in [0.1, 0.15) is 0 Å². The molecule has 0 atom stereocenters. The third-order valence-corrected chi connectivity index (χ3v) is 3.30. The molecule has 20 heavy (non-hydrogen) atoms. The molecule has 0 aliphatic carbocycles. The number of carbonyl (C=O) groups is 1. The number of sulfonamides is 1. The molecule has 0 spiro atoms. The van der Waals surface area contributed by atoms with Crippen LogP contribution in [0.15, 0.2) is 23.1 Å². The molecule has 2 amide bonds. The summed E-state index contributed by atoms with van der Waals surface area (Å²) in [5.41, 5.74) is 0.136. The van der Waals surface area contributed by atoms with Crippen molar-refractivity contribution in [2.24, 2.45) is 5.14 Å². The molecule has 4 N–H and O–H groups in total. The number of hydrogen-bond acceptors (Lipinski definition) is 4. The molecule has 0 unspecified atom stereocenters. The molecule has 0 saturated carbocycles. The molecule has 0 radical (unpaired) electrons. The highest BCUT2D eigenvalue weighted by Crippen LogP contribution is 2.17. The number of amides is 2. The Kier molecular flexibility index (Phi) is 5.28. The number of halogens is 1. The molecule has 1 aromatic carbocycles. The van der Waals surface area contributed by atoms with E-state index >= 15 is 0 Å². The van der Waals surface area contributed by atoms with Crippen LogP contribution in [0.2, 0.25) is 0 Å². The SMILES string of the molecule is CN(C)C(=O)NCCNc1ccc(S(N)(=O)=O)cc1F. The van der Waals surface area contributed by atoms with Crippen molar-refractivity contribution in [1.82, 2.24) is 10.2 Å². The van der Waals surface area contributed by atoms with Gasteiger partial charge in [-0.3, -0.25) is 0 Å². The van der Waals surface area contributed by atoms with Crippen molar-refractivity contribution >= 4 is 21.7 Å². The largest absolute Gasteiger partial charge is 0.381 e. The second-order valence-electron chi connectivity index (χ2n) is 4.24. The molecule has 7 nitrogen and oxygen atoms in total. The van der Waals surface area contributed by atoms with Gasteiger partial charge in [-0.2, -0.15) is 0 Å². The minimum Gasteiger partial charge on any atom is -0.381 e. The molecular weight excluding hydrogens is 287 g/mol. The Hall–Kier alpha value is -1.87. The molecular formula is C11H17FN4O3S. The van der Waals surface area contributed by atoms with Crippen LogP contribution in [0.25, 0.3) is 0 Å². The van der Waals surface area contributed by atoms with Crippen LogP contribution in [0.3, 0.4) is 0 Å². The number of nitrogens with zero attached hydrogens (tertiary/aromatic N) is 1. The van der Waals surface area contributed by atoms with Crippen molar-refractivity contribution in [1.29, 1.82) is 0 Å². The van der Waals surface area contributed by atoms with Gasteiger partial charge >= 0.3 is 6.03 Å². The van der Waals surface area contributed by atoms with Crippen molar-refractivity contribution < 1.29 is 17.6 Å². The lowest BCUT2D eigenvalue weighted by atomic mass is 10.3. The highest BCUT2D eigenvalue weighted by atomic mass is 32.2. The Morgan fingerprint density at radius 3 is 2.50 bits per heavy atom. The van der Waals surface area contributed by atoms with Gasteiger partial charge in [0.25, 0.3) is 0 Å². The quantitative estimate of drug-likeness (QED) is 0.674. The van der Waals surface area contributed by atoms with E-state index in [-0.39, 0.29) is 16.6 Å². The van der Waals surface area contributed by atoms with E-state index in [1.165, 1.54) is 17.0 Å². The Morgan fingerprint density at radius 2 is 2.00 bits per heavy atom. The van der Waals surface area contributed by atoms with E-state index in [0.29, 0.717) is 13.1 Å². The van der Waals surface area contributed by atoms with E-state index in [1.54, 1.807) is 14.1 Å². The van der Waals surface area contributed by atoms with Gasteiger partial charge in [-0.05, 0) is 18.2 Å². The van der Waals surface area contributed by atoms with Crippen molar-refractivity contribution in [3.8, 4) is 0 Å². The van der Waals surface area contributed by atoms with Gasteiger partial charge in [0.1, 0.15) is 5.82 Å². The monoisotopic (exact) mass is 304 g/mol. The molecule has 0 saturated heterocycles. The van der Waals surface area contributed by atoms with Crippen LogP contribution in [0, 0.1) is 5.82 Å². The first-order valence-electron chi connectivity index (χ1n) is 5.73. The van der Waals surface area contributed by atoms with Crippen LogP contribution in [-0.2, 0) is 10.0 Å². The van der Waals surface area contributed by atoms with Crippen molar-refractivity contribution in [3.63, 3.8) is 0 Å². The number of nitrogens with one attached hydrogen (secondary N) is 2. The maximum absolute atomic E-state index is 13.6. The summed E-state index contributed by atoms with van der Waals surface area (Å²) >= 11 is 0. The first-order chi connectivity index (χ1) is 9.21. The van der Waals surface area contributed by atoms with Gasteiger partial charge in [0.15, 0.2) is 0 Å².